The third kappa shape index (κ3) is 5.44. The Morgan fingerprint density at radius 3 is 2.75 bits per heavy atom. The van der Waals surface area contributed by atoms with E-state index in [2.05, 4.69) is 15.6 Å². The van der Waals surface area contributed by atoms with E-state index in [0.717, 1.165) is 0 Å². The standard InChI is InChI=1S/C12H14F3N3O2/c13-12(14,15)11(20-8-19)4-5-17-18-10-3-1-2-9(6-10)7-16/h1-3,6,11,17-19H,4-5,8H2. The topological polar surface area (TPSA) is 77.3 Å². The van der Waals surface area contributed by atoms with Gasteiger partial charge < -0.3 is 15.3 Å². The van der Waals surface area contributed by atoms with E-state index in [1.807, 2.05) is 6.07 Å². The second-order valence-corrected chi connectivity index (χ2v) is 3.86. The van der Waals surface area contributed by atoms with E-state index < -0.39 is 19.1 Å². The average Bonchev–Trinajstić information content (AvgIpc) is 2.41. The molecule has 20 heavy (non-hydrogen) atoms. The summed E-state index contributed by atoms with van der Waals surface area (Å²) in [4.78, 5) is 0. The van der Waals surface area contributed by atoms with E-state index in [4.69, 9.17) is 10.4 Å². The molecule has 1 aromatic rings. The smallest absolute Gasteiger partial charge is 0.371 e. The lowest BCUT2D eigenvalue weighted by Crippen LogP contribution is -2.36. The molecular formula is C12H14F3N3O2. The van der Waals surface area contributed by atoms with E-state index >= 15 is 0 Å². The fourth-order valence-electron chi connectivity index (χ4n) is 1.47. The van der Waals surface area contributed by atoms with Gasteiger partial charge in [0.1, 0.15) is 6.79 Å². The highest BCUT2D eigenvalue weighted by Crippen LogP contribution is 2.24. The maximum Gasteiger partial charge on any atom is 0.414 e. The van der Waals surface area contributed by atoms with Crippen LogP contribution in [0.2, 0.25) is 0 Å². The molecule has 0 aliphatic carbocycles. The van der Waals surface area contributed by atoms with Gasteiger partial charge in [0.15, 0.2) is 6.10 Å². The highest BCUT2D eigenvalue weighted by atomic mass is 19.4. The van der Waals surface area contributed by atoms with Crippen LogP contribution in [0.5, 0.6) is 0 Å². The van der Waals surface area contributed by atoms with Crippen molar-refractivity contribution >= 4 is 5.69 Å². The number of aliphatic hydroxyl groups is 1. The van der Waals surface area contributed by atoms with Crippen LogP contribution in [-0.2, 0) is 4.74 Å². The molecule has 1 aromatic carbocycles. The number of hydrogen-bond donors (Lipinski definition) is 3. The Kier molecular flexibility index (Phi) is 6.24. The molecule has 0 saturated heterocycles. The normalized spacial score (nSPS) is 12.8. The van der Waals surface area contributed by atoms with Gasteiger partial charge in [-0.2, -0.15) is 18.4 Å². The molecule has 3 N–H and O–H groups in total. The number of nitriles is 1. The molecule has 0 bridgehead atoms. The number of aliphatic hydroxyl groups excluding tert-OH is 1. The van der Waals surface area contributed by atoms with E-state index in [-0.39, 0.29) is 13.0 Å². The van der Waals surface area contributed by atoms with Crippen molar-refractivity contribution in [1.82, 2.24) is 5.43 Å². The van der Waals surface area contributed by atoms with Gasteiger partial charge in [-0.1, -0.05) is 6.07 Å². The number of halogens is 3. The molecule has 8 heteroatoms. The third-order valence-corrected chi connectivity index (χ3v) is 2.40. The molecule has 0 aromatic heterocycles. The van der Waals surface area contributed by atoms with E-state index in [0.29, 0.717) is 11.3 Å². The zero-order valence-corrected chi connectivity index (χ0v) is 10.4. The number of rotatable bonds is 7. The fraction of sp³-hybridized carbons (Fsp3) is 0.417. The molecule has 0 aliphatic heterocycles. The SMILES string of the molecule is N#Cc1cccc(NNCCC(OCO)C(F)(F)F)c1. The second kappa shape index (κ2) is 7.69. The van der Waals surface area contributed by atoms with Crippen molar-refractivity contribution in [3.8, 4) is 6.07 Å². The Balaban J connectivity index is 2.38. The molecule has 0 heterocycles. The number of alkyl halides is 3. The second-order valence-electron chi connectivity index (χ2n) is 3.86. The van der Waals surface area contributed by atoms with E-state index in [9.17, 15) is 13.2 Å². The number of benzene rings is 1. The van der Waals surface area contributed by atoms with Gasteiger partial charge in [-0.15, -0.1) is 0 Å². The maximum atomic E-state index is 12.4. The third-order valence-electron chi connectivity index (χ3n) is 2.40. The lowest BCUT2D eigenvalue weighted by atomic mass is 10.2. The summed E-state index contributed by atoms with van der Waals surface area (Å²) in [5, 5.41) is 17.1. The molecule has 0 aliphatic rings. The maximum absolute atomic E-state index is 12.4. The monoisotopic (exact) mass is 289 g/mol. The van der Waals surface area contributed by atoms with Crippen molar-refractivity contribution in [3.05, 3.63) is 29.8 Å². The van der Waals surface area contributed by atoms with Crippen LogP contribution in [0.1, 0.15) is 12.0 Å². The Bertz CT molecular complexity index is 460. The summed E-state index contributed by atoms with van der Waals surface area (Å²) in [7, 11) is 0. The van der Waals surface area contributed by atoms with Crippen molar-refractivity contribution in [1.29, 1.82) is 5.26 Å². The summed E-state index contributed by atoms with van der Waals surface area (Å²) in [6.07, 6.45) is -6.90. The van der Waals surface area contributed by atoms with Crippen molar-refractivity contribution in [2.45, 2.75) is 18.7 Å². The van der Waals surface area contributed by atoms with E-state index in [1.54, 1.807) is 24.3 Å². The van der Waals surface area contributed by atoms with Crippen molar-refractivity contribution < 1.29 is 23.0 Å². The summed E-state index contributed by atoms with van der Waals surface area (Å²) < 4.78 is 41.5. The van der Waals surface area contributed by atoms with Crippen molar-refractivity contribution in [2.24, 2.45) is 0 Å². The fourth-order valence-corrected chi connectivity index (χ4v) is 1.47. The minimum Gasteiger partial charge on any atom is -0.371 e. The first kappa shape index (κ1) is 16.2. The number of ether oxygens (including phenoxy) is 1. The van der Waals surface area contributed by atoms with Gasteiger partial charge in [0.05, 0.1) is 17.3 Å². The molecule has 0 fully saturated rings. The number of nitrogens with one attached hydrogen (secondary N) is 2. The number of hydrogen-bond acceptors (Lipinski definition) is 5. The van der Waals surface area contributed by atoms with Crippen LogP contribution >= 0.6 is 0 Å². The zero-order valence-electron chi connectivity index (χ0n) is 10.4. The van der Waals surface area contributed by atoms with Crippen molar-refractivity contribution in [3.63, 3.8) is 0 Å². The predicted octanol–water partition coefficient (Wildman–Crippen LogP) is 1.76. The molecule has 0 amide bonds. The van der Waals surface area contributed by atoms with Crippen LogP contribution in [0.4, 0.5) is 18.9 Å². The summed E-state index contributed by atoms with van der Waals surface area (Å²) in [5.41, 5.74) is 6.28. The Labute approximate surface area is 113 Å². The van der Waals surface area contributed by atoms with Gasteiger partial charge in [-0.25, -0.2) is 5.43 Å². The largest absolute Gasteiger partial charge is 0.414 e. The summed E-state index contributed by atoms with van der Waals surface area (Å²) in [5.74, 6) is 0. The Morgan fingerprint density at radius 2 is 2.15 bits per heavy atom. The van der Waals surface area contributed by atoms with Crippen LogP contribution in [0, 0.1) is 11.3 Å². The summed E-state index contributed by atoms with van der Waals surface area (Å²) in [6.45, 7) is -1.01. The first-order valence-electron chi connectivity index (χ1n) is 5.75. The summed E-state index contributed by atoms with van der Waals surface area (Å²) >= 11 is 0. The Morgan fingerprint density at radius 1 is 1.40 bits per heavy atom. The quantitative estimate of drug-likeness (QED) is 0.405. The molecule has 5 nitrogen and oxygen atoms in total. The minimum atomic E-state index is -4.52. The molecule has 110 valence electrons. The van der Waals surface area contributed by atoms with Crippen LogP contribution in [0.3, 0.4) is 0 Å². The van der Waals surface area contributed by atoms with Crippen molar-refractivity contribution in [2.75, 3.05) is 18.8 Å². The zero-order chi connectivity index (χ0) is 15.0. The highest BCUT2D eigenvalue weighted by Gasteiger charge is 2.40. The number of anilines is 1. The average molecular weight is 289 g/mol. The molecule has 0 saturated carbocycles. The highest BCUT2D eigenvalue weighted by molar-refractivity contribution is 5.48. The molecule has 1 atom stereocenters. The van der Waals surface area contributed by atoms with Gasteiger partial charge in [-0.05, 0) is 24.6 Å². The van der Waals surface area contributed by atoms with E-state index in [1.165, 1.54) is 0 Å². The lowest BCUT2D eigenvalue weighted by Gasteiger charge is -2.20. The van der Waals surface area contributed by atoms with Gasteiger partial charge in [-0.3, -0.25) is 0 Å². The minimum absolute atomic E-state index is 0.0268. The molecule has 0 radical (unpaired) electrons. The van der Waals surface area contributed by atoms with Crippen LogP contribution < -0.4 is 10.9 Å². The van der Waals surface area contributed by atoms with Gasteiger partial charge in [0, 0.05) is 6.54 Å². The van der Waals surface area contributed by atoms with Crippen LogP contribution in [0.15, 0.2) is 24.3 Å². The predicted molar refractivity (Wildman–Crippen MR) is 65.4 cm³/mol. The molecule has 1 unspecified atom stereocenters. The lowest BCUT2D eigenvalue weighted by molar-refractivity contribution is -0.238. The Hall–Kier alpha value is -1.82. The molecule has 1 rings (SSSR count). The van der Waals surface area contributed by atoms with Crippen LogP contribution in [-0.4, -0.2) is 30.7 Å². The molecule has 0 spiro atoms. The first-order valence-corrected chi connectivity index (χ1v) is 5.75. The number of nitrogens with zero attached hydrogens (tertiary/aromatic N) is 1. The van der Waals surface area contributed by atoms with Gasteiger partial charge >= 0.3 is 6.18 Å². The molecular weight excluding hydrogens is 275 g/mol. The summed E-state index contributed by atoms with van der Waals surface area (Å²) in [6, 6.07) is 8.43. The van der Waals surface area contributed by atoms with Crippen LogP contribution in [0.25, 0.3) is 0 Å². The van der Waals surface area contributed by atoms with Gasteiger partial charge in [0.2, 0.25) is 0 Å². The number of hydrazine groups is 1. The van der Waals surface area contributed by atoms with Gasteiger partial charge in [0.25, 0.3) is 0 Å². The first-order chi connectivity index (χ1) is 9.47.